The lowest BCUT2D eigenvalue weighted by Crippen LogP contribution is -2.09. The Morgan fingerprint density at radius 1 is 0.732 bits per heavy atom. The molecule has 8 rings (SSSR count). The van der Waals surface area contributed by atoms with Gasteiger partial charge in [-0.15, -0.1) is 11.3 Å². The van der Waals surface area contributed by atoms with Gasteiger partial charge in [0, 0.05) is 31.4 Å². The predicted octanol–water partition coefficient (Wildman–Crippen LogP) is 8.41. The fourth-order valence-electron chi connectivity index (χ4n) is 5.73. The van der Waals surface area contributed by atoms with Gasteiger partial charge in [0.15, 0.2) is 11.3 Å². The van der Waals surface area contributed by atoms with Crippen LogP contribution < -0.4 is 5.73 Å². The van der Waals surface area contributed by atoms with E-state index in [0.29, 0.717) is 21.9 Å². The summed E-state index contributed by atoms with van der Waals surface area (Å²) in [5, 5.41) is 9.09. The van der Waals surface area contributed by atoms with Crippen molar-refractivity contribution in [3.8, 4) is 22.5 Å². The predicted molar refractivity (Wildman–Crippen MR) is 172 cm³/mol. The molecule has 0 saturated heterocycles. The third-order valence-corrected chi connectivity index (χ3v) is 8.97. The Morgan fingerprint density at radius 2 is 1.41 bits per heavy atom. The van der Waals surface area contributed by atoms with Gasteiger partial charge >= 0.3 is 0 Å². The maximum absolute atomic E-state index is 7.02. The number of aromatic nitrogens is 5. The van der Waals surface area contributed by atoms with Gasteiger partial charge in [0.05, 0.1) is 22.2 Å². The van der Waals surface area contributed by atoms with E-state index in [2.05, 4.69) is 42.5 Å². The summed E-state index contributed by atoms with van der Waals surface area (Å²) in [4.78, 5) is 9.89. The van der Waals surface area contributed by atoms with Crippen LogP contribution in [0.4, 0.5) is 5.82 Å². The van der Waals surface area contributed by atoms with Crippen LogP contribution >= 0.6 is 23.6 Å². The van der Waals surface area contributed by atoms with Gasteiger partial charge in [-0.05, 0) is 67.2 Å². The van der Waals surface area contributed by atoms with E-state index in [1.807, 2.05) is 76.8 Å². The van der Waals surface area contributed by atoms with Crippen LogP contribution in [0.15, 0.2) is 103 Å². The molecule has 0 aliphatic carbocycles. The zero-order valence-corrected chi connectivity index (χ0v) is 23.6. The second kappa shape index (κ2) is 9.05. The molecule has 4 heterocycles. The Morgan fingerprint density at radius 3 is 2.20 bits per heavy atom. The van der Waals surface area contributed by atoms with Crippen molar-refractivity contribution in [1.29, 1.82) is 0 Å². The molecule has 0 amide bonds. The highest BCUT2D eigenvalue weighted by atomic mass is 32.1. The minimum Gasteiger partial charge on any atom is -0.384 e. The Labute approximate surface area is 244 Å². The Bertz CT molecular complexity index is 2350. The summed E-state index contributed by atoms with van der Waals surface area (Å²) in [7, 11) is 0. The zero-order valence-electron chi connectivity index (χ0n) is 21.9. The Hall–Kier alpha value is -4.92. The van der Waals surface area contributed by atoms with Crippen molar-refractivity contribution in [1.82, 2.24) is 24.3 Å². The summed E-state index contributed by atoms with van der Waals surface area (Å²) >= 11 is 7.58. The number of hydrogen-bond donors (Lipinski definition) is 1. The number of nitrogens with two attached hydrogens (primary N) is 1. The lowest BCUT2D eigenvalue weighted by atomic mass is 9.96. The van der Waals surface area contributed by atoms with Crippen LogP contribution in [-0.2, 0) is 0 Å². The molecule has 0 radical (unpaired) electrons. The summed E-state index contributed by atoms with van der Waals surface area (Å²) in [6.07, 6.45) is 0. The highest BCUT2D eigenvalue weighted by molar-refractivity contribution is 7.71. The highest BCUT2D eigenvalue weighted by Gasteiger charge is 2.23. The van der Waals surface area contributed by atoms with Crippen LogP contribution in [-0.4, -0.2) is 24.3 Å². The second-order valence-electron chi connectivity index (χ2n) is 9.98. The molecule has 0 saturated carbocycles. The first-order chi connectivity index (χ1) is 20.1. The number of thiophene rings is 1. The van der Waals surface area contributed by atoms with Crippen LogP contribution in [0.1, 0.15) is 5.69 Å². The van der Waals surface area contributed by atoms with Crippen molar-refractivity contribution in [2.24, 2.45) is 0 Å². The minimum atomic E-state index is 0.348. The summed E-state index contributed by atoms with van der Waals surface area (Å²) < 4.78 is 6.55. The van der Waals surface area contributed by atoms with E-state index in [4.69, 9.17) is 33.0 Å². The first-order valence-electron chi connectivity index (χ1n) is 13.2. The molecule has 0 aliphatic rings. The lowest BCUT2D eigenvalue weighted by Gasteiger charge is -2.16. The van der Waals surface area contributed by atoms with Crippen LogP contribution in [0, 0.1) is 11.7 Å². The number of anilines is 1. The van der Waals surface area contributed by atoms with Crippen LogP contribution in [0.25, 0.3) is 64.7 Å². The van der Waals surface area contributed by atoms with E-state index >= 15 is 0 Å². The van der Waals surface area contributed by atoms with Gasteiger partial charge in [-0.25, -0.2) is 9.67 Å². The van der Waals surface area contributed by atoms with Crippen molar-refractivity contribution in [2.45, 2.75) is 6.92 Å². The largest absolute Gasteiger partial charge is 0.384 e. The van der Waals surface area contributed by atoms with Gasteiger partial charge < -0.3 is 5.73 Å². The maximum Gasteiger partial charge on any atom is 0.207 e. The van der Waals surface area contributed by atoms with Crippen molar-refractivity contribution < 1.29 is 0 Å². The topological polar surface area (TPSA) is 74.5 Å². The first kappa shape index (κ1) is 23.9. The number of para-hydroxylation sites is 2. The van der Waals surface area contributed by atoms with Crippen molar-refractivity contribution in [3.63, 3.8) is 0 Å². The third-order valence-electron chi connectivity index (χ3n) is 7.54. The zero-order chi connectivity index (χ0) is 27.7. The minimum absolute atomic E-state index is 0.348. The molecule has 4 aromatic heterocycles. The molecule has 8 heteroatoms. The number of nitrogens with zero attached hydrogens (tertiary/aromatic N) is 5. The van der Waals surface area contributed by atoms with Gasteiger partial charge in [0.25, 0.3) is 0 Å². The number of hydrogen-bond acceptors (Lipinski definition) is 6. The summed E-state index contributed by atoms with van der Waals surface area (Å²) in [5.74, 6) is 0.498. The number of pyridine rings is 1. The van der Waals surface area contributed by atoms with Crippen molar-refractivity contribution in [2.75, 3.05) is 5.73 Å². The fourth-order valence-corrected chi connectivity index (χ4v) is 7.11. The molecule has 0 aliphatic heterocycles. The molecule has 6 nitrogen and oxygen atoms in total. The van der Waals surface area contributed by atoms with Crippen molar-refractivity contribution in [3.05, 3.63) is 114 Å². The number of benzene rings is 4. The lowest BCUT2D eigenvalue weighted by molar-refractivity contribution is 0.878. The van der Waals surface area contributed by atoms with Crippen LogP contribution in [0.3, 0.4) is 0 Å². The smallest absolute Gasteiger partial charge is 0.207 e. The van der Waals surface area contributed by atoms with E-state index in [9.17, 15) is 0 Å². The molecule has 41 heavy (non-hydrogen) atoms. The molecule has 0 bridgehead atoms. The molecular weight excluding hydrogens is 545 g/mol. The van der Waals surface area contributed by atoms with Crippen LogP contribution in [0.2, 0.25) is 0 Å². The quantitative estimate of drug-likeness (QED) is 0.217. The fraction of sp³-hybridized carbons (Fsp3) is 0.0303. The van der Waals surface area contributed by atoms with Gasteiger partial charge in [-0.2, -0.15) is 10.1 Å². The summed E-state index contributed by atoms with van der Waals surface area (Å²) in [5.41, 5.74) is 12.8. The average molecular weight is 567 g/mol. The molecular formula is C33H22N6S2. The van der Waals surface area contributed by atoms with Gasteiger partial charge in [0.1, 0.15) is 5.82 Å². The normalized spacial score (nSPS) is 11.7. The molecule has 0 unspecified atom stereocenters. The second-order valence-corrected chi connectivity index (χ2v) is 11.4. The Kier molecular flexibility index (Phi) is 5.28. The van der Waals surface area contributed by atoms with Crippen LogP contribution in [0.5, 0.6) is 0 Å². The molecule has 196 valence electrons. The van der Waals surface area contributed by atoms with E-state index in [-0.39, 0.29) is 0 Å². The third kappa shape index (κ3) is 3.61. The molecule has 0 fully saturated rings. The van der Waals surface area contributed by atoms with Gasteiger partial charge in [0.2, 0.25) is 4.77 Å². The molecule has 0 spiro atoms. The first-order valence-corrected chi connectivity index (χ1v) is 14.4. The van der Waals surface area contributed by atoms with Crippen molar-refractivity contribution >= 4 is 71.6 Å². The summed E-state index contributed by atoms with van der Waals surface area (Å²) in [6.45, 7) is 2.02. The monoisotopic (exact) mass is 566 g/mol. The maximum atomic E-state index is 7.02. The average Bonchev–Trinajstić information content (AvgIpc) is 3.54. The number of fused-ring (bicyclic) bond motifs is 5. The van der Waals surface area contributed by atoms with Gasteiger partial charge in [-0.3, -0.25) is 4.57 Å². The van der Waals surface area contributed by atoms with E-state index < -0.39 is 0 Å². The van der Waals surface area contributed by atoms with E-state index in [0.717, 1.165) is 39.0 Å². The molecule has 0 atom stereocenters. The van der Waals surface area contributed by atoms with Gasteiger partial charge in [-0.1, -0.05) is 60.7 Å². The van der Waals surface area contributed by atoms with E-state index in [1.165, 1.54) is 20.2 Å². The number of rotatable bonds is 3. The summed E-state index contributed by atoms with van der Waals surface area (Å²) in [6, 6.07) is 35.0. The standard InChI is InChI=1S/C33H22N6S2/c1-19-27-28(20-16-17-26-24(18-20)23-14-8-9-15-25(23)41-26)29-30(34)38(21-10-4-2-5-11-21)33(40)36-31(29)35-32(27)39(37-19)22-12-6-3-7-13-22/h2-18H,34H2,1H3. The van der Waals surface area contributed by atoms with E-state index in [1.54, 1.807) is 11.3 Å². The molecule has 4 aromatic carbocycles. The number of aryl methyl sites for hydroxylation is 1. The Balaban J connectivity index is 1.55. The SMILES string of the molecule is Cc1nn(-c2ccccc2)c2nc3nc(=S)n(-c4ccccc4)c(N)c3c(-c3ccc4sc5ccccc5c4c3)c12. The molecule has 2 N–H and O–H groups in total. The number of nitrogen functional groups attached to an aromatic ring is 1. The molecule has 8 aromatic rings. The highest BCUT2D eigenvalue weighted by Crippen LogP contribution is 2.42.